The molecule has 4 rings (SSSR count). The maximum absolute atomic E-state index is 6.18. The molecule has 0 bridgehead atoms. The van der Waals surface area contributed by atoms with Crippen molar-refractivity contribution in [1.82, 2.24) is 18.8 Å². The highest BCUT2D eigenvalue weighted by molar-refractivity contribution is 7.97. The quantitative estimate of drug-likeness (QED) is 0.588. The molecule has 1 fully saturated rings. The van der Waals surface area contributed by atoms with Crippen molar-refractivity contribution < 1.29 is 14.2 Å². The first-order chi connectivity index (χ1) is 14.2. The number of benzene rings is 1. The molecule has 0 radical (unpaired) electrons. The number of morpholine rings is 1. The van der Waals surface area contributed by atoms with E-state index in [1.807, 2.05) is 31.4 Å². The average molecular weight is 415 g/mol. The first kappa shape index (κ1) is 20.0. The SMILES string of the molecule is COc1cnc(-c2nc3ccccc3n2SC)c(C)c1OCCN1CCOCC1. The Morgan fingerprint density at radius 1 is 1.21 bits per heavy atom. The molecule has 0 amide bonds. The molecule has 0 N–H and O–H groups in total. The van der Waals surface area contributed by atoms with Gasteiger partial charge in [0.1, 0.15) is 12.3 Å². The topological polar surface area (TPSA) is 61.6 Å². The van der Waals surface area contributed by atoms with Gasteiger partial charge in [0.2, 0.25) is 0 Å². The standard InChI is InChI=1S/C21H26N4O3S/c1-15-19(21-23-16-6-4-5-7-17(16)25(21)29-3)22-14-18(26-2)20(15)28-13-10-24-8-11-27-12-9-24/h4-7,14H,8-13H2,1-3H3. The summed E-state index contributed by atoms with van der Waals surface area (Å²) in [5, 5.41) is 0. The van der Waals surface area contributed by atoms with E-state index in [1.54, 1.807) is 25.3 Å². The molecule has 29 heavy (non-hydrogen) atoms. The molecule has 1 aromatic carbocycles. The van der Waals surface area contributed by atoms with Crippen LogP contribution >= 0.6 is 11.9 Å². The highest BCUT2D eigenvalue weighted by Crippen LogP contribution is 2.37. The van der Waals surface area contributed by atoms with Crippen molar-refractivity contribution in [1.29, 1.82) is 0 Å². The first-order valence-electron chi connectivity index (χ1n) is 9.71. The van der Waals surface area contributed by atoms with Crippen LogP contribution in [0.1, 0.15) is 5.56 Å². The van der Waals surface area contributed by atoms with Gasteiger partial charge in [0, 0.05) is 31.5 Å². The second-order valence-corrected chi connectivity index (χ2v) is 7.56. The maximum Gasteiger partial charge on any atom is 0.179 e. The zero-order valence-electron chi connectivity index (χ0n) is 17.1. The van der Waals surface area contributed by atoms with Crippen molar-refractivity contribution in [2.24, 2.45) is 0 Å². The van der Waals surface area contributed by atoms with Gasteiger partial charge in [0.25, 0.3) is 0 Å². The number of ether oxygens (including phenoxy) is 3. The number of pyridine rings is 1. The van der Waals surface area contributed by atoms with E-state index in [4.69, 9.17) is 19.2 Å². The number of aromatic nitrogens is 3. The lowest BCUT2D eigenvalue weighted by atomic mass is 10.2. The number of fused-ring (bicyclic) bond motifs is 1. The second-order valence-electron chi connectivity index (χ2n) is 6.83. The van der Waals surface area contributed by atoms with Gasteiger partial charge in [-0.15, -0.1) is 0 Å². The molecule has 1 aliphatic rings. The number of rotatable bonds is 7. The Morgan fingerprint density at radius 3 is 2.76 bits per heavy atom. The van der Waals surface area contributed by atoms with E-state index in [1.165, 1.54) is 0 Å². The van der Waals surface area contributed by atoms with Gasteiger partial charge in [-0.3, -0.25) is 8.87 Å². The van der Waals surface area contributed by atoms with E-state index in [2.05, 4.69) is 19.9 Å². The van der Waals surface area contributed by atoms with E-state index in [0.29, 0.717) is 12.4 Å². The summed E-state index contributed by atoms with van der Waals surface area (Å²) >= 11 is 1.61. The van der Waals surface area contributed by atoms with Crippen LogP contribution in [0, 0.1) is 6.92 Å². The van der Waals surface area contributed by atoms with E-state index in [0.717, 1.165) is 66.7 Å². The van der Waals surface area contributed by atoms with E-state index >= 15 is 0 Å². The Morgan fingerprint density at radius 2 is 2.00 bits per heavy atom. The fourth-order valence-corrected chi connectivity index (χ4v) is 4.21. The molecule has 0 unspecified atom stereocenters. The largest absolute Gasteiger partial charge is 0.491 e. The molecule has 0 spiro atoms. The van der Waals surface area contributed by atoms with Crippen LogP contribution in [0.3, 0.4) is 0 Å². The Hall–Kier alpha value is -2.29. The number of para-hydroxylation sites is 2. The number of hydrogen-bond acceptors (Lipinski definition) is 7. The van der Waals surface area contributed by atoms with Gasteiger partial charge in [0.15, 0.2) is 17.3 Å². The predicted molar refractivity (Wildman–Crippen MR) is 116 cm³/mol. The minimum Gasteiger partial charge on any atom is -0.491 e. The van der Waals surface area contributed by atoms with Gasteiger partial charge in [0.05, 0.1) is 37.6 Å². The second kappa shape index (κ2) is 9.02. The van der Waals surface area contributed by atoms with Gasteiger partial charge >= 0.3 is 0 Å². The van der Waals surface area contributed by atoms with Gasteiger partial charge in [-0.1, -0.05) is 12.1 Å². The van der Waals surface area contributed by atoms with Crippen LogP contribution in [0.4, 0.5) is 0 Å². The molecule has 8 heteroatoms. The van der Waals surface area contributed by atoms with Crippen LogP contribution in [0.5, 0.6) is 11.5 Å². The molecule has 1 aliphatic heterocycles. The number of imidazole rings is 1. The van der Waals surface area contributed by atoms with Crippen LogP contribution in [-0.4, -0.2) is 71.7 Å². The summed E-state index contributed by atoms with van der Waals surface area (Å²) in [7, 11) is 1.64. The summed E-state index contributed by atoms with van der Waals surface area (Å²) in [6.07, 6.45) is 3.76. The third-order valence-corrected chi connectivity index (χ3v) is 5.86. The number of hydrogen-bond donors (Lipinski definition) is 0. The molecule has 3 aromatic rings. The average Bonchev–Trinajstić information content (AvgIpc) is 3.13. The summed E-state index contributed by atoms with van der Waals surface area (Å²) in [6.45, 7) is 6.91. The third-order valence-electron chi connectivity index (χ3n) is 5.12. The summed E-state index contributed by atoms with van der Waals surface area (Å²) in [5.41, 5.74) is 3.75. The Kier molecular flexibility index (Phi) is 6.22. The molecule has 2 aromatic heterocycles. The van der Waals surface area contributed by atoms with Crippen molar-refractivity contribution in [2.75, 3.05) is 52.8 Å². The van der Waals surface area contributed by atoms with Gasteiger partial charge < -0.3 is 14.2 Å². The predicted octanol–water partition coefficient (Wildman–Crippen LogP) is 3.25. The van der Waals surface area contributed by atoms with Crippen LogP contribution < -0.4 is 9.47 Å². The van der Waals surface area contributed by atoms with Gasteiger partial charge in [-0.2, -0.15) is 0 Å². The molecule has 3 heterocycles. The summed E-state index contributed by atoms with van der Waals surface area (Å²) in [6, 6.07) is 8.11. The van der Waals surface area contributed by atoms with Crippen molar-refractivity contribution in [3.05, 3.63) is 36.0 Å². The van der Waals surface area contributed by atoms with Crippen LogP contribution in [-0.2, 0) is 4.74 Å². The Bertz CT molecular complexity index is 985. The molecule has 154 valence electrons. The van der Waals surface area contributed by atoms with E-state index in [9.17, 15) is 0 Å². The highest BCUT2D eigenvalue weighted by atomic mass is 32.2. The normalized spacial score (nSPS) is 15.0. The summed E-state index contributed by atoms with van der Waals surface area (Å²) in [5.74, 6) is 2.18. The molecule has 1 saturated heterocycles. The van der Waals surface area contributed by atoms with Crippen LogP contribution in [0.25, 0.3) is 22.6 Å². The fourth-order valence-electron chi connectivity index (χ4n) is 3.56. The van der Waals surface area contributed by atoms with Crippen LogP contribution in [0.15, 0.2) is 30.5 Å². The third kappa shape index (κ3) is 4.05. The Balaban J connectivity index is 1.64. The number of nitrogens with zero attached hydrogens (tertiary/aromatic N) is 4. The van der Waals surface area contributed by atoms with Gasteiger partial charge in [-0.25, -0.2) is 9.97 Å². The summed E-state index contributed by atoms with van der Waals surface area (Å²) in [4.78, 5) is 11.8. The van der Waals surface area contributed by atoms with Crippen molar-refractivity contribution >= 4 is 23.0 Å². The zero-order chi connectivity index (χ0) is 20.2. The first-order valence-corrected chi connectivity index (χ1v) is 10.9. The fraction of sp³-hybridized carbons (Fsp3) is 0.429. The van der Waals surface area contributed by atoms with E-state index in [-0.39, 0.29) is 0 Å². The van der Waals surface area contributed by atoms with Gasteiger partial charge in [-0.05, 0) is 31.0 Å². The molecule has 0 atom stereocenters. The lowest BCUT2D eigenvalue weighted by Crippen LogP contribution is -2.38. The minimum absolute atomic E-state index is 0.583. The Labute approximate surface area is 175 Å². The highest BCUT2D eigenvalue weighted by Gasteiger charge is 2.21. The molecular formula is C21H26N4O3S. The maximum atomic E-state index is 6.18. The van der Waals surface area contributed by atoms with E-state index < -0.39 is 0 Å². The summed E-state index contributed by atoms with van der Waals surface area (Å²) < 4.78 is 19.2. The van der Waals surface area contributed by atoms with Crippen molar-refractivity contribution in [2.45, 2.75) is 6.92 Å². The monoisotopic (exact) mass is 414 g/mol. The number of methoxy groups -OCH3 is 1. The molecule has 0 saturated carbocycles. The minimum atomic E-state index is 0.583. The molecule has 0 aliphatic carbocycles. The molecule has 7 nitrogen and oxygen atoms in total. The molecular weight excluding hydrogens is 388 g/mol. The lowest BCUT2D eigenvalue weighted by Gasteiger charge is -2.26. The van der Waals surface area contributed by atoms with Crippen LogP contribution in [0.2, 0.25) is 0 Å². The zero-order valence-corrected chi connectivity index (χ0v) is 17.9. The smallest absolute Gasteiger partial charge is 0.179 e. The van der Waals surface area contributed by atoms with Crippen molar-refractivity contribution in [3.63, 3.8) is 0 Å². The van der Waals surface area contributed by atoms with Crippen molar-refractivity contribution in [3.8, 4) is 23.0 Å². The lowest BCUT2D eigenvalue weighted by molar-refractivity contribution is 0.0320.